The lowest BCUT2D eigenvalue weighted by molar-refractivity contribution is -0.119. The minimum atomic E-state index is -0.751. The SMILES string of the molecule is Cc1ccc(C)c(NC(=O)C(C)n2nc(-c3cccnc3)ccc2=O)c1. The Labute approximate surface area is 151 Å². The summed E-state index contributed by atoms with van der Waals surface area (Å²) in [5, 5.41) is 7.23. The summed E-state index contributed by atoms with van der Waals surface area (Å²) < 4.78 is 1.20. The number of carbonyl (C=O) groups is 1. The van der Waals surface area contributed by atoms with E-state index < -0.39 is 6.04 Å². The van der Waals surface area contributed by atoms with E-state index in [0.29, 0.717) is 5.69 Å². The molecule has 1 amide bonds. The summed E-state index contributed by atoms with van der Waals surface area (Å²) in [5.74, 6) is -0.295. The Morgan fingerprint density at radius 2 is 1.96 bits per heavy atom. The number of aromatic nitrogens is 3. The van der Waals surface area contributed by atoms with Crippen LogP contribution in [0.1, 0.15) is 24.1 Å². The topological polar surface area (TPSA) is 76.9 Å². The van der Waals surface area contributed by atoms with Crippen LogP contribution in [0.4, 0.5) is 5.69 Å². The summed E-state index contributed by atoms with van der Waals surface area (Å²) >= 11 is 0. The molecular weight excluding hydrogens is 328 g/mol. The van der Waals surface area contributed by atoms with Gasteiger partial charge in [0.15, 0.2) is 0 Å². The number of carbonyl (C=O) groups excluding carboxylic acids is 1. The van der Waals surface area contributed by atoms with E-state index in [9.17, 15) is 9.59 Å². The minimum absolute atomic E-state index is 0.295. The fourth-order valence-electron chi connectivity index (χ4n) is 2.59. The van der Waals surface area contributed by atoms with Gasteiger partial charge in [0.05, 0.1) is 5.69 Å². The molecule has 132 valence electrons. The highest BCUT2D eigenvalue weighted by Gasteiger charge is 2.19. The average molecular weight is 348 g/mol. The number of nitrogens with zero attached hydrogens (tertiary/aromatic N) is 3. The van der Waals surface area contributed by atoms with Crippen molar-refractivity contribution in [1.82, 2.24) is 14.8 Å². The van der Waals surface area contributed by atoms with Crippen molar-refractivity contribution in [2.45, 2.75) is 26.8 Å². The van der Waals surface area contributed by atoms with Crippen molar-refractivity contribution < 1.29 is 4.79 Å². The smallest absolute Gasteiger partial charge is 0.267 e. The lowest BCUT2D eigenvalue weighted by Crippen LogP contribution is -2.33. The van der Waals surface area contributed by atoms with Crippen LogP contribution in [-0.2, 0) is 4.79 Å². The normalized spacial score (nSPS) is 11.8. The van der Waals surface area contributed by atoms with Crippen LogP contribution in [0.2, 0.25) is 0 Å². The third-order valence-electron chi connectivity index (χ3n) is 4.18. The van der Waals surface area contributed by atoms with Crippen LogP contribution < -0.4 is 10.9 Å². The maximum absolute atomic E-state index is 12.7. The number of rotatable bonds is 4. The predicted molar refractivity (Wildman–Crippen MR) is 101 cm³/mol. The predicted octanol–water partition coefficient (Wildman–Crippen LogP) is 3.12. The molecule has 0 fully saturated rings. The van der Waals surface area contributed by atoms with Crippen LogP contribution in [0, 0.1) is 13.8 Å². The van der Waals surface area contributed by atoms with Crippen molar-refractivity contribution in [1.29, 1.82) is 0 Å². The second kappa shape index (κ2) is 7.31. The molecule has 1 aromatic carbocycles. The number of amides is 1. The number of hydrogen-bond donors (Lipinski definition) is 1. The molecule has 6 nitrogen and oxygen atoms in total. The van der Waals surface area contributed by atoms with E-state index in [0.717, 1.165) is 22.4 Å². The third-order valence-corrected chi connectivity index (χ3v) is 4.18. The molecule has 0 radical (unpaired) electrons. The Bertz CT molecular complexity index is 996. The maximum atomic E-state index is 12.7. The van der Waals surface area contributed by atoms with Crippen molar-refractivity contribution in [3.8, 4) is 11.3 Å². The largest absolute Gasteiger partial charge is 0.324 e. The van der Waals surface area contributed by atoms with E-state index in [1.807, 2.05) is 38.1 Å². The zero-order valence-electron chi connectivity index (χ0n) is 14.9. The molecule has 26 heavy (non-hydrogen) atoms. The first-order chi connectivity index (χ1) is 12.5. The zero-order valence-corrected chi connectivity index (χ0v) is 14.9. The van der Waals surface area contributed by atoms with E-state index in [4.69, 9.17) is 0 Å². The van der Waals surface area contributed by atoms with Crippen LogP contribution in [0.5, 0.6) is 0 Å². The Balaban J connectivity index is 1.89. The van der Waals surface area contributed by atoms with E-state index >= 15 is 0 Å². The Kier molecular flexibility index (Phi) is 4.93. The van der Waals surface area contributed by atoms with Gasteiger partial charge in [0.2, 0.25) is 5.91 Å². The van der Waals surface area contributed by atoms with Crippen molar-refractivity contribution in [3.05, 3.63) is 76.3 Å². The first kappa shape index (κ1) is 17.5. The lowest BCUT2D eigenvalue weighted by Gasteiger charge is -2.16. The van der Waals surface area contributed by atoms with Crippen LogP contribution in [0.15, 0.2) is 59.7 Å². The standard InChI is InChI=1S/C20H20N4O2/c1-13-6-7-14(2)18(11-13)22-20(26)15(3)24-19(25)9-8-17(23-24)16-5-4-10-21-12-16/h4-12,15H,1-3H3,(H,22,26). The highest BCUT2D eigenvalue weighted by Crippen LogP contribution is 2.18. The molecule has 0 saturated heterocycles. The molecule has 0 bridgehead atoms. The molecule has 0 saturated carbocycles. The Morgan fingerprint density at radius 1 is 1.15 bits per heavy atom. The molecule has 3 rings (SSSR count). The highest BCUT2D eigenvalue weighted by molar-refractivity contribution is 5.94. The summed E-state index contributed by atoms with van der Waals surface area (Å²) in [6.07, 6.45) is 3.33. The van der Waals surface area contributed by atoms with E-state index in [1.54, 1.807) is 31.5 Å². The summed E-state index contributed by atoms with van der Waals surface area (Å²) in [6.45, 7) is 5.54. The number of aryl methyl sites for hydroxylation is 2. The molecule has 0 aliphatic heterocycles. The van der Waals surface area contributed by atoms with Crippen LogP contribution >= 0.6 is 0 Å². The summed E-state index contributed by atoms with van der Waals surface area (Å²) in [4.78, 5) is 28.9. The first-order valence-corrected chi connectivity index (χ1v) is 8.34. The second-order valence-electron chi connectivity index (χ2n) is 6.23. The maximum Gasteiger partial charge on any atom is 0.267 e. The van der Waals surface area contributed by atoms with E-state index in [2.05, 4.69) is 15.4 Å². The first-order valence-electron chi connectivity index (χ1n) is 8.34. The quantitative estimate of drug-likeness (QED) is 0.786. The van der Waals surface area contributed by atoms with Gasteiger partial charge in [-0.2, -0.15) is 5.10 Å². The lowest BCUT2D eigenvalue weighted by atomic mass is 10.1. The van der Waals surface area contributed by atoms with Gasteiger partial charge in [-0.25, -0.2) is 4.68 Å². The molecule has 3 aromatic rings. The molecule has 0 aliphatic carbocycles. The van der Waals surface area contributed by atoms with Crippen LogP contribution in [0.25, 0.3) is 11.3 Å². The summed E-state index contributed by atoms with van der Waals surface area (Å²) in [7, 11) is 0. The van der Waals surface area contributed by atoms with Gasteiger partial charge in [-0.05, 0) is 56.2 Å². The molecular formula is C20H20N4O2. The number of nitrogens with one attached hydrogen (secondary N) is 1. The van der Waals surface area contributed by atoms with Gasteiger partial charge in [-0.3, -0.25) is 14.6 Å². The summed E-state index contributed by atoms with van der Waals surface area (Å²) in [6, 6.07) is 11.8. The molecule has 2 heterocycles. The fraction of sp³-hybridized carbons (Fsp3) is 0.200. The van der Waals surface area contributed by atoms with Crippen molar-refractivity contribution >= 4 is 11.6 Å². The van der Waals surface area contributed by atoms with Crippen molar-refractivity contribution in [2.24, 2.45) is 0 Å². The number of anilines is 1. The molecule has 1 atom stereocenters. The highest BCUT2D eigenvalue weighted by atomic mass is 16.2. The van der Waals surface area contributed by atoms with Crippen molar-refractivity contribution in [3.63, 3.8) is 0 Å². The second-order valence-corrected chi connectivity index (χ2v) is 6.23. The fourth-order valence-corrected chi connectivity index (χ4v) is 2.59. The molecule has 0 aliphatic rings. The zero-order chi connectivity index (χ0) is 18.7. The van der Waals surface area contributed by atoms with Gasteiger partial charge in [0.1, 0.15) is 6.04 Å². The number of benzene rings is 1. The van der Waals surface area contributed by atoms with Gasteiger partial charge >= 0.3 is 0 Å². The number of pyridine rings is 1. The van der Waals surface area contributed by atoms with Crippen molar-refractivity contribution in [2.75, 3.05) is 5.32 Å². The third kappa shape index (κ3) is 3.69. The van der Waals surface area contributed by atoms with Gasteiger partial charge in [0.25, 0.3) is 5.56 Å². The number of hydrogen-bond acceptors (Lipinski definition) is 4. The summed E-state index contributed by atoms with van der Waals surface area (Å²) in [5.41, 5.74) is 3.78. The Morgan fingerprint density at radius 3 is 2.69 bits per heavy atom. The van der Waals surface area contributed by atoms with Gasteiger partial charge in [-0.15, -0.1) is 0 Å². The monoisotopic (exact) mass is 348 g/mol. The van der Waals surface area contributed by atoms with E-state index in [-0.39, 0.29) is 11.5 Å². The molecule has 1 N–H and O–H groups in total. The molecule has 0 spiro atoms. The van der Waals surface area contributed by atoms with Gasteiger partial charge in [0, 0.05) is 29.7 Å². The molecule has 2 aromatic heterocycles. The Hall–Kier alpha value is -3.28. The van der Waals surface area contributed by atoms with Crippen LogP contribution in [-0.4, -0.2) is 20.7 Å². The average Bonchev–Trinajstić information content (AvgIpc) is 2.65. The van der Waals surface area contributed by atoms with E-state index in [1.165, 1.54) is 10.7 Å². The van der Waals surface area contributed by atoms with Crippen LogP contribution in [0.3, 0.4) is 0 Å². The molecule has 6 heteroatoms. The minimum Gasteiger partial charge on any atom is -0.324 e. The van der Waals surface area contributed by atoms with Gasteiger partial charge in [-0.1, -0.05) is 12.1 Å². The molecule has 1 unspecified atom stereocenters. The van der Waals surface area contributed by atoms with Gasteiger partial charge < -0.3 is 5.32 Å².